The number of rotatable bonds is 4. The van der Waals surface area contributed by atoms with Crippen LogP contribution in [0, 0.1) is 0 Å². The Bertz CT molecular complexity index is 649. The number of sulfonamides is 1. The van der Waals surface area contributed by atoms with Gasteiger partial charge < -0.3 is 10.1 Å². The molecule has 1 N–H and O–H groups in total. The van der Waals surface area contributed by atoms with E-state index >= 15 is 0 Å². The lowest BCUT2D eigenvalue weighted by Gasteiger charge is -2.23. The third-order valence-corrected chi connectivity index (χ3v) is 7.04. The van der Waals surface area contributed by atoms with E-state index in [0.29, 0.717) is 25.6 Å². The maximum atomic E-state index is 12.3. The van der Waals surface area contributed by atoms with E-state index in [-0.39, 0.29) is 16.9 Å². The smallest absolute Gasteiger partial charge is 0.222 e. The van der Waals surface area contributed by atoms with Crippen LogP contribution in [0.1, 0.15) is 25.7 Å². The fourth-order valence-corrected chi connectivity index (χ4v) is 5.29. The maximum Gasteiger partial charge on any atom is 0.222 e. The van der Waals surface area contributed by atoms with E-state index in [9.17, 15) is 8.42 Å². The van der Waals surface area contributed by atoms with Gasteiger partial charge in [-0.2, -0.15) is 4.31 Å². The summed E-state index contributed by atoms with van der Waals surface area (Å²) < 4.78 is 32.3. The number of hydrogen-bond donors (Lipinski definition) is 1. The fraction of sp³-hybridized carbons (Fsp3) is 0.714. The second kappa shape index (κ2) is 5.14. The standard InChI is InChI=1S/C14H20N4O3S/c19-22(20,12-2-3-12)18-7-4-14(10-18)8-11(9-21-14)17-13-15-5-1-6-16-13/h1,5-6,11-12H,2-4,7-10H2,(H,15,16,17)/t11-,14-/m1/s1. The Labute approximate surface area is 130 Å². The summed E-state index contributed by atoms with van der Waals surface area (Å²) in [6.45, 7) is 1.63. The second-order valence-electron chi connectivity index (χ2n) is 6.44. The molecule has 1 spiro atoms. The Morgan fingerprint density at radius 3 is 2.82 bits per heavy atom. The molecule has 0 unspecified atom stereocenters. The van der Waals surface area contributed by atoms with Gasteiger partial charge in [-0.15, -0.1) is 0 Å². The average Bonchev–Trinajstić information content (AvgIpc) is 3.20. The molecule has 0 amide bonds. The number of hydrogen-bond acceptors (Lipinski definition) is 6. The number of nitrogens with one attached hydrogen (secondary N) is 1. The van der Waals surface area contributed by atoms with Crippen LogP contribution >= 0.6 is 0 Å². The van der Waals surface area contributed by atoms with Gasteiger partial charge in [-0.3, -0.25) is 0 Å². The molecule has 2 atom stereocenters. The van der Waals surface area contributed by atoms with Crippen LogP contribution in [0.3, 0.4) is 0 Å². The van der Waals surface area contributed by atoms with E-state index in [4.69, 9.17) is 4.74 Å². The van der Waals surface area contributed by atoms with Gasteiger partial charge in [0.25, 0.3) is 0 Å². The number of aromatic nitrogens is 2. The zero-order valence-electron chi connectivity index (χ0n) is 12.3. The van der Waals surface area contributed by atoms with Crippen molar-refractivity contribution < 1.29 is 13.2 Å². The molecule has 3 fully saturated rings. The highest BCUT2D eigenvalue weighted by Crippen LogP contribution is 2.40. The van der Waals surface area contributed by atoms with Gasteiger partial charge in [0.1, 0.15) is 0 Å². The van der Waals surface area contributed by atoms with Crippen molar-refractivity contribution in [2.24, 2.45) is 0 Å². The topological polar surface area (TPSA) is 84.4 Å². The Hall–Kier alpha value is -1.25. The molecule has 22 heavy (non-hydrogen) atoms. The molecule has 4 rings (SSSR count). The summed E-state index contributed by atoms with van der Waals surface area (Å²) in [5.41, 5.74) is -0.339. The highest BCUT2D eigenvalue weighted by Gasteiger charge is 2.51. The van der Waals surface area contributed by atoms with E-state index < -0.39 is 10.0 Å². The summed E-state index contributed by atoms with van der Waals surface area (Å²) in [4.78, 5) is 8.32. The first-order valence-corrected chi connectivity index (χ1v) is 9.24. The summed E-state index contributed by atoms with van der Waals surface area (Å²) >= 11 is 0. The van der Waals surface area contributed by atoms with E-state index in [1.807, 2.05) is 0 Å². The van der Waals surface area contributed by atoms with Gasteiger partial charge in [-0.25, -0.2) is 18.4 Å². The van der Waals surface area contributed by atoms with Crippen molar-refractivity contribution in [2.75, 3.05) is 25.0 Å². The highest BCUT2D eigenvalue weighted by molar-refractivity contribution is 7.90. The van der Waals surface area contributed by atoms with Crippen LogP contribution in [0.15, 0.2) is 18.5 Å². The largest absolute Gasteiger partial charge is 0.371 e. The van der Waals surface area contributed by atoms with Crippen LogP contribution in [0.2, 0.25) is 0 Å². The highest BCUT2D eigenvalue weighted by atomic mass is 32.2. The Morgan fingerprint density at radius 1 is 1.32 bits per heavy atom. The quantitative estimate of drug-likeness (QED) is 0.874. The summed E-state index contributed by atoms with van der Waals surface area (Å²) in [5, 5.41) is 3.12. The number of ether oxygens (including phenoxy) is 1. The van der Waals surface area contributed by atoms with E-state index in [0.717, 1.165) is 25.7 Å². The van der Waals surface area contributed by atoms with E-state index in [1.54, 1.807) is 22.8 Å². The number of anilines is 1. The van der Waals surface area contributed by atoms with Crippen LogP contribution in [0.25, 0.3) is 0 Å². The minimum absolute atomic E-state index is 0.131. The molecule has 3 heterocycles. The van der Waals surface area contributed by atoms with Crippen LogP contribution in [-0.4, -0.2) is 59.3 Å². The van der Waals surface area contributed by atoms with Crippen molar-refractivity contribution in [1.29, 1.82) is 0 Å². The van der Waals surface area contributed by atoms with Crippen LogP contribution in [0.4, 0.5) is 5.95 Å². The van der Waals surface area contributed by atoms with Crippen LogP contribution in [0.5, 0.6) is 0 Å². The molecular formula is C14H20N4O3S. The van der Waals surface area contributed by atoms with Crippen molar-refractivity contribution in [1.82, 2.24) is 14.3 Å². The van der Waals surface area contributed by atoms with Crippen LogP contribution < -0.4 is 5.32 Å². The zero-order valence-corrected chi connectivity index (χ0v) is 13.1. The van der Waals surface area contributed by atoms with Gasteiger partial charge in [-0.05, 0) is 25.3 Å². The van der Waals surface area contributed by atoms with Crippen molar-refractivity contribution in [3.8, 4) is 0 Å². The summed E-state index contributed by atoms with van der Waals surface area (Å²) in [7, 11) is -3.10. The van der Waals surface area contributed by atoms with Crippen molar-refractivity contribution >= 4 is 16.0 Å². The van der Waals surface area contributed by atoms with E-state index in [1.165, 1.54) is 0 Å². The first-order chi connectivity index (χ1) is 10.6. The average molecular weight is 324 g/mol. The van der Waals surface area contributed by atoms with Crippen molar-refractivity contribution in [3.05, 3.63) is 18.5 Å². The molecule has 0 radical (unpaired) electrons. The molecule has 1 aliphatic carbocycles. The number of nitrogens with zero attached hydrogens (tertiary/aromatic N) is 3. The molecule has 0 aromatic carbocycles. The predicted octanol–water partition coefficient (Wildman–Crippen LogP) is 0.614. The Balaban J connectivity index is 1.40. The van der Waals surface area contributed by atoms with Crippen LogP contribution in [-0.2, 0) is 14.8 Å². The lowest BCUT2D eigenvalue weighted by atomic mass is 9.97. The summed E-state index contributed by atoms with van der Waals surface area (Å²) in [6, 6.07) is 1.90. The van der Waals surface area contributed by atoms with Gasteiger partial charge in [0.15, 0.2) is 0 Å². The summed E-state index contributed by atoms with van der Waals surface area (Å²) in [5.74, 6) is 0.591. The SMILES string of the molecule is O=S(=O)(C1CC1)N1CC[C@@]2(C[C@@H](Nc3ncccn3)CO2)C1. The van der Waals surface area contributed by atoms with Gasteiger partial charge in [0.2, 0.25) is 16.0 Å². The molecule has 3 aliphatic rings. The lowest BCUT2D eigenvalue weighted by molar-refractivity contribution is 0.0173. The molecule has 8 heteroatoms. The second-order valence-corrected chi connectivity index (χ2v) is 8.65. The molecule has 2 aliphatic heterocycles. The molecule has 7 nitrogen and oxygen atoms in total. The normalized spacial score (nSPS) is 32.6. The van der Waals surface area contributed by atoms with Gasteiger partial charge in [0.05, 0.1) is 23.5 Å². The molecule has 1 saturated carbocycles. The monoisotopic (exact) mass is 324 g/mol. The minimum Gasteiger partial charge on any atom is -0.371 e. The first-order valence-electron chi connectivity index (χ1n) is 7.74. The molecular weight excluding hydrogens is 304 g/mol. The van der Waals surface area contributed by atoms with Gasteiger partial charge >= 0.3 is 0 Å². The summed E-state index contributed by atoms with van der Waals surface area (Å²) in [6.07, 6.45) is 6.57. The van der Waals surface area contributed by atoms with E-state index in [2.05, 4.69) is 15.3 Å². The molecule has 1 aromatic heterocycles. The zero-order chi connectivity index (χ0) is 15.2. The third kappa shape index (κ3) is 2.59. The Morgan fingerprint density at radius 2 is 2.09 bits per heavy atom. The van der Waals surface area contributed by atoms with Gasteiger partial charge in [-0.1, -0.05) is 0 Å². The van der Waals surface area contributed by atoms with Gasteiger partial charge in [0, 0.05) is 31.9 Å². The van der Waals surface area contributed by atoms with Crippen molar-refractivity contribution in [3.63, 3.8) is 0 Å². The molecule has 0 bridgehead atoms. The fourth-order valence-electron chi connectivity index (χ4n) is 3.38. The maximum absolute atomic E-state index is 12.3. The predicted molar refractivity (Wildman–Crippen MR) is 80.9 cm³/mol. The molecule has 1 aromatic rings. The molecule has 2 saturated heterocycles. The third-order valence-electron chi connectivity index (χ3n) is 4.69. The molecule has 120 valence electrons. The lowest BCUT2D eigenvalue weighted by Crippen LogP contribution is -2.37. The Kier molecular flexibility index (Phi) is 3.35. The first kappa shape index (κ1) is 14.3. The van der Waals surface area contributed by atoms with Crippen molar-refractivity contribution in [2.45, 2.75) is 42.6 Å². The minimum atomic E-state index is -3.10.